The largest absolute Gasteiger partial charge is 0.480 e. The van der Waals surface area contributed by atoms with E-state index in [2.05, 4.69) is 20.5 Å². The molecule has 7 rings (SSSR count). The number of aliphatic hydroxyl groups is 1. The van der Waals surface area contributed by atoms with E-state index in [1.165, 1.54) is 9.58 Å². The smallest absolute Gasteiger partial charge is 0.408 e. The van der Waals surface area contributed by atoms with E-state index in [-0.39, 0.29) is 45.2 Å². The molecule has 2 amide bonds. The van der Waals surface area contributed by atoms with Gasteiger partial charge in [-0.05, 0) is 82.2 Å². The lowest BCUT2D eigenvalue weighted by atomic mass is 9.84. The second-order valence-electron chi connectivity index (χ2n) is 20.0. The van der Waals surface area contributed by atoms with Crippen LogP contribution < -0.4 is 20.5 Å². The molecule has 4 fully saturated rings. The molecule has 4 unspecified atom stereocenters. The number of rotatable bonds is 14. The zero-order valence-electron chi connectivity index (χ0n) is 39.7. The second kappa shape index (κ2) is 20.5. The Labute approximate surface area is 389 Å². The van der Waals surface area contributed by atoms with E-state index in [4.69, 9.17) is 23.9 Å². The summed E-state index contributed by atoms with van der Waals surface area (Å²) in [5, 5.41) is 24.8. The summed E-state index contributed by atoms with van der Waals surface area (Å²) in [5.74, 6) is -1.64. The van der Waals surface area contributed by atoms with Gasteiger partial charge in [-0.3, -0.25) is 24.5 Å². The first-order valence-corrected chi connectivity index (χ1v) is 23.2. The second-order valence-corrected chi connectivity index (χ2v) is 20.0. The molecule has 3 aromatic rings. The Morgan fingerprint density at radius 3 is 2.46 bits per heavy atom. The van der Waals surface area contributed by atoms with Gasteiger partial charge in [0.1, 0.15) is 24.2 Å². The van der Waals surface area contributed by atoms with Crippen molar-refractivity contribution in [3.8, 4) is 11.3 Å². The Hall–Kier alpha value is -4.73. The van der Waals surface area contributed by atoms with Crippen LogP contribution in [0.25, 0.3) is 22.2 Å². The number of aromatic nitrogens is 2. The summed E-state index contributed by atoms with van der Waals surface area (Å²) in [7, 11) is 1.54. The van der Waals surface area contributed by atoms with Gasteiger partial charge in [-0.15, -0.1) is 0 Å². The van der Waals surface area contributed by atoms with E-state index in [1.54, 1.807) is 46.2 Å². The fourth-order valence-corrected chi connectivity index (χ4v) is 9.56. The highest BCUT2D eigenvalue weighted by atomic mass is 19.4. The van der Waals surface area contributed by atoms with Crippen LogP contribution in [0, 0.1) is 5.41 Å². The Morgan fingerprint density at radius 2 is 1.76 bits per heavy atom. The molecule has 4 saturated heterocycles. The molecular formula is C47H67F3N8O9. The molecule has 4 aliphatic rings. The topological polar surface area (TPSA) is 183 Å². The molecule has 0 radical (unpaired) electrons. The third-order valence-corrected chi connectivity index (χ3v) is 13.0. The van der Waals surface area contributed by atoms with Gasteiger partial charge in [0.25, 0.3) is 5.91 Å². The van der Waals surface area contributed by atoms with Crippen molar-refractivity contribution in [2.24, 2.45) is 5.41 Å². The maximum absolute atomic E-state index is 14.9. The van der Waals surface area contributed by atoms with Crippen molar-refractivity contribution in [2.45, 2.75) is 116 Å². The normalized spacial score (nSPS) is 22.1. The summed E-state index contributed by atoms with van der Waals surface area (Å²) < 4.78 is 69.3. The lowest BCUT2D eigenvalue weighted by Crippen LogP contribution is -2.61. The van der Waals surface area contributed by atoms with Crippen LogP contribution in [0.3, 0.4) is 0 Å². The number of hydrogen-bond donors (Lipinski definition) is 4. The van der Waals surface area contributed by atoms with Gasteiger partial charge >= 0.3 is 18.2 Å². The van der Waals surface area contributed by atoms with Crippen LogP contribution in [0.2, 0.25) is 0 Å². The van der Waals surface area contributed by atoms with E-state index in [9.17, 15) is 37.8 Å². The number of halogens is 3. The summed E-state index contributed by atoms with van der Waals surface area (Å²) in [6.07, 6.45) is -3.82. The molecule has 20 heteroatoms. The first-order valence-electron chi connectivity index (χ1n) is 23.2. The number of carboxylic acid groups (broad SMARTS) is 1. The highest BCUT2D eigenvalue weighted by Crippen LogP contribution is 2.44. The predicted octanol–water partition coefficient (Wildman–Crippen LogP) is 5.12. The van der Waals surface area contributed by atoms with E-state index in [1.807, 2.05) is 37.8 Å². The van der Waals surface area contributed by atoms with Gasteiger partial charge in [0.2, 0.25) is 0 Å². The number of ether oxygens (including phenoxy) is 4. The third kappa shape index (κ3) is 12.1. The van der Waals surface area contributed by atoms with Crippen molar-refractivity contribution < 1.29 is 56.7 Å². The van der Waals surface area contributed by atoms with Crippen LogP contribution in [0.4, 0.5) is 29.3 Å². The summed E-state index contributed by atoms with van der Waals surface area (Å²) >= 11 is 0. The van der Waals surface area contributed by atoms with Gasteiger partial charge in [-0.1, -0.05) is 13.8 Å². The number of anilines is 2. The van der Waals surface area contributed by atoms with Gasteiger partial charge in [0.15, 0.2) is 0 Å². The molecule has 17 nitrogen and oxygen atoms in total. The van der Waals surface area contributed by atoms with Gasteiger partial charge in [-0.2, -0.15) is 13.2 Å². The number of nitrogens with one attached hydrogen (secondary N) is 2. The molecule has 0 saturated carbocycles. The van der Waals surface area contributed by atoms with E-state index in [0.717, 1.165) is 18.8 Å². The first kappa shape index (κ1) is 50.2. The van der Waals surface area contributed by atoms with Gasteiger partial charge < -0.3 is 48.8 Å². The zero-order valence-corrected chi connectivity index (χ0v) is 39.7. The van der Waals surface area contributed by atoms with Crippen LogP contribution in [-0.4, -0.2) is 163 Å². The van der Waals surface area contributed by atoms with E-state index >= 15 is 0 Å². The molecule has 0 bridgehead atoms. The summed E-state index contributed by atoms with van der Waals surface area (Å²) in [5.41, 5.74) is 4.99. The number of carbonyl (C=O) groups is 3. The number of fused-ring (bicyclic) bond motifs is 2. The number of aliphatic carboxylic acids is 1. The summed E-state index contributed by atoms with van der Waals surface area (Å²) in [6.45, 7) is 14.6. The van der Waals surface area contributed by atoms with Crippen molar-refractivity contribution in [3.05, 3.63) is 41.7 Å². The number of carboxylic acids is 1. The average molecular weight is 945 g/mol. The number of carbonyl (C=O) groups excluding carboxylic acids is 2. The fourth-order valence-electron chi connectivity index (χ4n) is 9.56. The van der Waals surface area contributed by atoms with Gasteiger partial charge in [-0.25, -0.2) is 10.2 Å². The number of nitrogens with zero attached hydrogens (tertiary/aromatic N) is 6. The molecule has 0 spiro atoms. The Balaban J connectivity index is 1.27. The van der Waals surface area contributed by atoms with Crippen molar-refractivity contribution in [1.82, 2.24) is 30.2 Å². The number of aliphatic hydroxyl groups excluding tert-OH is 1. The van der Waals surface area contributed by atoms with Crippen molar-refractivity contribution in [1.29, 1.82) is 0 Å². The maximum Gasteiger partial charge on any atom is 0.408 e. The average Bonchev–Trinajstić information content (AvgIpc) is 3.56. The number of hydrazine groups is 1. The lowest BCUT2D eigenvalue weighted by molar-refractivity contribution is -0.148. The monoisotopic (exact) mass is 944 g/mol. The van der Waals surface area contributed by atoms with Crippen LogP contribution in [0.5, 0.6) is 0 Å². The molecular weight excluding hydrogens is 878 g/mol. The standard InChI is InChI=1S/C47H67F3N8O9/c1-29(64-7)40-35(20-31(23-51-40)55-14-13-54-15-17-65-26-32(54)24-55)41-36(22-46(5,6)28-59)34-19-30(10-11-39(34)57(41)27-47(48,49)50)56-16-18-66-33(25-56)21-38(52-44(63)67-45(2,3)4)42(60)58-12-8-9-37(53-58)43(61)62/h10-11,19-20,23,29,32-33,37-38,53,59H,8-9,12-18,21-22,24-28H2,1-7H3,(H,52,63)(H,61,62)/t29-,32?,33?,37?,38?/m0/s1. The lowest BCUT2D eigenvalue weighted by Gasteiger charge is -2.44. The minimum Gasteiger partial charge on any atom is -0.480 e. The quantitative estimate of drug-likeness (QED) is 0.167. The highest BCUT2D eigenvalue weighted by molar-refractivity contribution is 5.95. The van der Waals surface area contributed by atoms with Crippen LogP contribution in [0.1, 0.15) is 78.2 Å². The molecule has 6 heterocycles. The van der Waals surface area contributed by atoms with E-state index in [0.29, 0.717) is 84.8 Å². The van der Waals surface area contributed by atoms with Crippen LogP contribution in [0.15, 0.2) is 30.5 Å². The zero-order chi connectivity index (χ0) is 48.4. The SMILES string of the molecule is CO[C@@H](C)c1ncc(N2CCN3CCOCC3C2)cc1-c1c(CC(C)(C)CO)c2cc(N3CCOC(CC(NC(=O)OC(C)(C)C)C(=O)N4CCCC(C(=O)O)N4)C3)ccc2n1CC(F)(F)F. The van der Waals surface area contributed by atoms with Crippen molar-refractivity contribution >= 4 is 40.2 Å². The molecule has 4 aliphatic heterocycles. The predicted molar refractivity (Wildman–Crippen MR) is 245 cm³/mol. The maximum atomic E-state index is 14.9. The Bertz CT molecular complexity index is 2250. The third-order valence-electron chi connectivity index (χ3n) is 13.0. The number of amides is 2. The minimum absolute atomic E-state index is 0.0153. The molecule has 4 N–H and O–H groups in total. The Kier molecular flexibility index (Phi) is 15.3. The van der Waals surface area contributed by atoms with Gasteiger partial charge in [0, 0.05) is 88.1 Å². The summed E-state index contributed by atoms with van der Waals surface area (Å²) in [4.78, 5) is 50.5. The number of hydrogen-bond acceptors (Lipinski definition) is 13. The molecule has 0 aliphatic carbocycles. The van der Waals surface area contributed by atoms with Gasteiger partial charge in [0.05, 0.1) is 61.3 Å². The molecule has 1 aromatic carbocycles. The Morgan fingerprint density at radius 1 is 1.00 bits per heavy atom. The number of piperazine rings is 1. The number of morpholine rings is 2. The number of methoxy groups -OCH3 is 1. The number of pyridine rings is 1. The number of alkyl carbamates (subject to hydrolysis) is 1. The molecule has 67 heavy (non-hydrogen) atoms. The van der Waals surface area contributed by atoms with Crippen molar-refractivity contribution in [3.63, 3.8) is 0 Å². The molecule has 5 atom stereocenters. The van der Waals surface area contributed by atoms with E-state index < -0.39 is 66.0 Å². The number of benzene rings is 1. The van der Waals surface area contributed by atoms with Crippen LogP contribution in [-0.2, 0) is 41.5 Å². The minimum atomic E-state index is -4.60. The van der Waals surface area contributed by atoms with Crippen LogP contribution >= 0.6 is 0 Å². The highest BCUT2D eigenvalue weighted by Gasteiger charge is 2.38. The number of alkyl halides is 3. The molecule has 2 aromatic heterocycles. The van der Waals surface area contributed by atoms with Crippen molar-refractivity contribution in [2.75, 3.05) is 89.2 Å². The fraction of sp³-hybridized carbons (Fsp3) is 0.660. The summed E-state index contributed by atoms with van der Waals surface area (Å²) in [6, 6.07) is 5.36. The molecule has 370 valence electrons. The first-order chi connectivity index (χ1) is 31.6.